The zero-order valence-corrected chi connectivity index (χ0v) is 17.8. The van der Waals surface area contributed by atoms with Gasteiger partial charge in [-0.2, -0.15) is 0 Å². The topological polar surface area (TPSA) is 42.2 Å². The molecular formula is C24H20Cl2N2O2. The number of pyridine rings is 1. The number of nitrogens with zero attached hydrogens (tertiary/aromatic N) is 1. The van der Waals surface area contributed by atoms with Crippen molar-refractivity contribution < 1.29 is 26.5 Å². The van der Waals surface area contributed by atoms with Crippen molar-refractivity contribution in [1.82, 2.24) is 0 Å². The minimum Gasteiger partial charge on any atom is -1.00 e. The third kappa shape index (κ3) is 5.09. The molecule has 1 N–H and O–H groups in total. The van der Waals surface area contributed by atoms with E-state index in [2.05, 4.69) is 5.32 Å². The lowest BCUT2D eigenvalue weighted by molar-refractivity contribution is -0.688. The van der Waals surface area contributed by atoms with E-state index in [1.54, 1.807) is 7.11 Å². The van der Waals surface area contributed by atoms with Crippen molar-refractivity contribution in [3.63, 3.8) is 0 Å². The number of rotatable bonds is 5. The first kappa shape index (κ1) is 21.6. The second kappa shape index (κ2) is 9.61. The fourth-order valence-corrected chi connectivity index (χ4v) is 3.40. The van der Waals surface area contributed by atoms with Crippen LogP contribution in [-0.4, -0.2) is 13.0 Å². The van der Waals surface area contributed by atoms with Crippen LogP contribution in [0.15, 0.2) is 85.2 Å². The quantitative estimate of drug-likeness (QED) is 0.484. The van der Waals surface area contributed by atoms with E-state index >= 15 is 0 Å². The maximum absolute atomic E-state index is 12.6. The molecule has 3 aromatic carbocycles. The van der Waals surface area contributed by atoms with E-state index in [1.807, 2.05) is 89.8 Å². The molecule has 0 bridgehead atoms. The summed E-state index contributed by atoms with van der Waals surface area (Å²) < 4.78 is 7.28. The Kier molecular flexibility index (Phi) is 6.93. The lowest BCUT2D eigenvalue weighted by atomic mass is 10.1. The third-order valence-corrected chi connectivity index (χ3v) is 4.95. The molecule has 4 rings (SSSR count). The summed E-state index contributed by atoms with van der Waals surface area (Å²) in [6.07, 6.45) is 3.87. The molecule has 0 spiro atoms. The van der Waals surface area contributed by atoms with Gasteiger partial charge in [-0.05, 0) is 47.2 Å². The van der Waals surface area contributed by atoms with Gasteiger partial charge in [0.2, 0.25) is 0 Å². The van der Waals surface area contributed by atoms with Crippen LogP contribution in [0.25, 0.3) is 10.8 Å². The lowest BCUT2D eigenvalue weighted by Gasteiger charge is -2.07. The number of ether oxygens (including phenoxy) is 1. The van der Waals surface area contributed by atoms with Crippen molar-refractivity contribution in [2.75, 3.05) is 12.4 Å². The maximum Gasteiger partial charge on any atom is 0.255 e. The number of carbonyl (C=O) groups is 1. The fourth-order valence-electron chi connectivity index (χ4n) is 3.19. The van der Waals surface area contributed by atoms with Crippen molar-refractivity contribution in [1.29, 1.82) is 0 Å². The summed E-state index contributed by atoms with van der Waals surface area (Å²) >= 11 is 6.04. The number of benzene rings is 3. The Morgan fingerprint density at radius 3 is 2.43 bits per heavy atom. The van der Waals surface area contributed by atoms with E-state index in [4.69, 9.17) is 16.3 Å². The van der Waals surface area contributed by atoms with Gasteiger partial charge in [0.15, 0.2) is 18.9 Å². The predicted molar refractivity (Wildman–Crippen MR) is 116 cm³/mol. The molecule has 0 aliphatic rings. The van der Waals surface area contributed by atoms with Crippen molar-refractivity contribution in [3.05, 3.63) is 101 Å². The van der Waals surface area contributed by atoms with Gasteiger partial charge in [0.05, 0.1) is 12.8 Å². The highest BCUT2D eigenvalue weighted by Crippen LogP contribution is 2.22. The predicted octanol–water partition coefficient (Wildman–Crippen LogP) is 2.09. The van der Waals surface area contributed by atoms with Gasteiger partial charge in [0.1, 0.15) is 5.75 Å². The van der Waals surface area contributed by atoms with Crippen LogP contribution in [-0.2, 0) is 6.54 Å². The van der Waals surface area contributed by atoms with Crippen LogP contribution < -0.4 is 27.0 Å². The van der Waals surface area contributed by atoms with E-state index in [-0.39, 0.29) is 18.3 Å². The van der Waals surface area contributed by atoms with Gasteiger partial charge in [-0.3, -0.25) is 4.79 Å². The molecular weight excluding hydrogens is 419 g/mol. The summed E-state index contributed by atoms with van der Waals surface area (Å²) in [6, 6.07) is 23.0. The molecule has 30 heavy (non-hydrogen) atoms. The van der Waals surface area contributed by atoms with E-state index in [1.165, 1.54) is 0 Å². The molecule has 0 aliphatic carbocycles. The lowest BCUT2D eigenvalue weighted by Crippen LogP contribution is -3.00. The van der Waals surface area contributed by atoms with Crippen LogP contribution in [0.3, 0.4) is 0 Å². The number of anilines is 1. The molecule has 1 heterocycles. The zero-order valence-electron chi connectivity index (χ0n) is 16.3. The van der Waals surface area contributed by atoms with Crippen LogP contribution in [0.2, 0.25) is 5.02 Å². The molecule has 0 radical (unpaired) electrons. The molecule has 0 saturated heterocycles. The molecule has 6 heteroatoms. The van der Waals surface area contributed by atoms with Crippen LogP contribution >= 0.6 is 11.6 Å². The summed E-state index contributed by atoms with van der Waals surface area (Å²) in [4.78, 5) is 12.6. The summed E-state index contributed by atoms with van der Waals surface area (Å²) in [6.45, 7) is 0.711. The van der Waals surface area contributed by atoms with Crippen molar-refractivity contribution in [3.8, 4) is 5.75 Å². The standard InChI is InChI=1S/C24H19ClN2O2.ClH/c1-29-23-8-7-18-14-20(6-5-19(18)15-23)24(28)26-22-9-11-27(12-10-22)16-17-3-2-4-21(25)13-17;/h2-15H,16H2,1H3;1H. The first-order valence-electron chi connectivity index (χ1n) is 9.23. The van der Waals surface area contributed by atoms with Crippen LogP contribution in [0, 0.1) is 0 Å². The van der Waals surface area contributed by atoms with Gasteiger partial charge in [0.25, 0.3) is 5.91 Å². The van der Waals surface area contributed by atoms with E-state index < -0.39 is 0 Å². The number of fused-ring (bicyclic) bond motifs is 1. The van der Waals surface area contributed by atoms with E-state index in [0.717, 1.165) is 32.8 Å². The van der Waals surface area contributed by atoms with Gasteiger partial charge in [0, 0.05) is 28.3 Å². The summed E-state index contributed by atoms with van der Waals surface area (Å²) in [7, 11) is 1.64. The van der Waals surface area contributed by atoms with E-state index in [9.17, 15) is 4.79 Å². The second-order valence-electron chi connectivity index (χ2n) is 6.77. The summed E-state index contributed by atoms with van der Waals surface area (Å²) in [5, 5.41) is 5.69. The van der Waals surface area contributed by atoms with E-state index in [0.29, 0.717) is 12.1 Å². The average molecular weight is 439 g/mol. The Morgan fingerprint density at radius 1 is 0.967 bits per heavy atom. The second-order valence-corrected chi connectivity index (χ2v) is 7.21. The molecule has 1 aromatic heterocycles. The Labute approximate surface area is 186 Å². The summed E-state index contributed by atoms with van der Waals surface area (Å²) in [5.41, 5.74) is 2.47. The molecule has 4 nitrogen and oxygen atoms in total. The SMILES string of the molecule is COc1ccc2cc(C(=O)Nc3cc[n+](Cc4cccc(Cl)c4)cc3)ccc2c1.[Cl-]. The number of carbonyl (C=O) groups excluding carboxylic acids is 1. The smallest absolute Gasteiger partial charge is 0.255 e. The van der Waals surface area contributed by atoms with Crippen LogP contribution in [0.5, 0.6) is 5.75 Å². The van der Waals surface area contributed by atoms with Gasteiger partial charge < -0.3 is 22.5 Å². The van der Waals surface area contributed by atoms with Crippen LogP contribution in [0.1, 0.15) is 15.9 Å². The zero-order chi connectivity index (χ0) is 20.2. The molecule has 0 atom stereocenters. The number of hydrogen-bond donors (Lipinski definition) is 1. The molecule has 0 aliphatic heterocycles. The highest BCUT2D eigenvalue weighted by molar-refractivity contribution is 6.30. The first-order chi connectivity index (χ1) is 14.1. The Balaban J connectivity index is 0.00000256. The average Bonchev–Trinajstić information content (AvgIpc) is 2.74. The van der Waals surface area contributed by atoms with Gasteiger partial charge in [-0.1, -0.05) is 35.9 Å². The minimum atomic E-state index is -0.143. The molecule has 0 unspecified atom stereocenters. The number of hydrogen-bond acceptors (Lipinski definition) is 2. The van der Waals surface area contributed by atoms with Crippen molar-refractivity contribution in [2.24, 2.45) is 0 Å². The van der Waals surface area contributed by atoms with Gasteiger partial charge in [-0.15, -0.1) is 0 Å². The molecule has 0 saturated carbocycles. The van der Waals surface area contributed by atoms with Crippen LogP contribution in [0.4, 0.5) is 5.69 Å². The number of halogens is 2. The normalized spacial score (nSPS) is 10.3. The molecule has 1 amide bonds. The first-order valence-corrected chi connectivity index (χ1v) is 9.61. The minimum absolute atomic E-state index is 0. The third-order valence-electron chi connectivity index (χ3n) is 4.71. The fraction of sp³-hybridized carbons (Fsp3) is 0.0833. The van der Waals surface area contributed by atoms with Gasteiger partial charge in [-0.25, -0.2) is 4.57 Å². The Bertz CT molecular complexity index is 1180. The number of nitrogens with one attached hydrogen (secondary N) is 1. The monoisotopic (exact) mass is 438 g/mol. The Morgan fingerprint density at radius 2 is 1.70 bits per heavy atom. The largest absolute Gasteiger partial charge is 1.00 e. The highest BCUT2D eigenvalue weighted by Gasteiger charge is 2.09. The number of aromatic nitrogens is 1. The maximum atomic E-state index is 12.6. The molecule has 152 valence electrons. The Hall–Kier alpha value is -3.08. The highest BCUT2D eigenvalue weighted by atomic mass is 35.5. The van der Waals surface area contributed by atoms with Gasteiger partial charge >= 0.3 is 0 Å². The molecule has 0 fully saturated rings. The number of amides is 1. The molecule has 4 aromatic rings. The van der Waals surface area contributed by atoms with Crippen molar-refractivity contribution in [2.45, 2.75) is 6.54 Å². The number of methoxy groups -OCH3 is 1. The van der Waals surface area contributed by atoms with Crippen molar-refractivity contribution >= 4 is 34.0 Å². The summed E-state index contributed by atoms with van der Waals surface area (Å²) in [5.74, 6) is 0.653.